The standard InChI is InChI=1S/C25H19N3O6S/c1-31-17-11-16(12-18(13-17)32-2)23-27-28-25(34-23)35-22(24(29)30)14-20-19-6-4-3-5-15(19)7-8-21(20)33-10-9-26/h3-8,11-14H,10H2,1-2H3,(H,29,30)/b22-14-. The molecule has 9 nitrogen and oxygen atoms in total. The van der Waals surface area contributed by atoms with Crippen molar-refractivity contribution in [2.24, 2.45) is 0 Å². The fourth-order valence-corrected chi connectivity index (χ4v) is 3.97. The zero-order valence-corrected chi connectivity index (χ0v) is 19.5. The number of ether oxygens (including phenoxy) is 3. The minimum absolute atomic E-state index is 0.0372. The van der Waals surface area contributed by atoms with Gasteiger partial charge in [-0.1, -0.05) is 30.3 Å². The lowest BCUT2D eigenvalue weighted by Gasteiger charge is -2.11. The Morgan fingerprint density at radius 2 is 1.86 bits per heavy atom. The molecule has 0 unspecified atom stereocenters. The van der Waals surface area contributed by atoms with Gasteiger partial charge in [0.2, 0.25) is 5.89 Å². The number of carbonyl (C=O) groups is 1. The largest absolute Gasteiger partial charge is 0.497 e. The third-order valence-electron chi connectivity index (χ3n) is 4.91. The molecule has 4 rings (SSSR count). The molecule has 0 aliphatic carbocycles. The summed E-state index contributed by atoms with van der Waals surface area (Å²) in [7, 11) is 3.05. The molecule has 1 N–H and O–H groups in total. The van der Waals surface area contributed by atoms with E-state index < -0.39 is 5.97 Å². The second kappa shape index (κ2) is 10.6. The number of nitrogens with zero attached hydrogens (tertiary/aromatic N) is 3. The summed E-state index contributed by atoms with van der Waals surface area (Å²) in [6.45, 7) is -0.175. The Bertz CT molecular complexity index is 1440. The first-order valence-electron chi connectivity index (χ1n) is 10.2. The van der Waals surface area contributed by atoms with Gasteiger partial charge in [0.05, 0.1) is 14.2 Å². The first-order valence-corrected chi connectivity index (χ1v) is 11.1. The highest BCUT2D eigenvalue weighted by Crippen LogP contribution is 2.36. The minimum atomic E-state index is -1.18. The molecule has 0 spiro atoms. The van der Waals surface area contributed by atoms with E-state index in [0.717, 1.165) is 22.5 Å². The third-order valence-corrected chi connectivity index (χ3v) is 5.76. The Hall–Kier alpha value is -4.49. The van der Waals surface area contributed by atoms with Gasteiger partial charge in [-0.05, 0) is 46.8 Å². The number of benzene rings is 3. The number of methoxy groups -OCH3 is 2. The fraction of sp³-hybridized carbons (Fsp3) is 0.120. The highest BCUT2D eigenvalue weighted by atomic mass is 32.2. The molecule has 0 radical (unpaired) electrons. The number of aliphatic carboxylic acids is 1. The minimum Gasteiger partial charge on any atom is -0.497 e. The third kappa shape index (κ3) is 5.37. The second-order valence-electron chi connectivity index (χ2n) is 7.04. The van der Waals surface area contributed by atoms with Crippen LogP contribution in [0, 0.1) is 11.3 Å². The summed E-state index contributed by atoms with van der Waals surface area (Å²) in [5.74, 6) is 0.464. The summed E-state index contributed by atoms with van der Waals surface area (Å²) >= 11 is 0.806. The van der Waals surface area contributed by atoms with Gasteiger partial charge in [-0.25, -0.2) is 4.79 Å². The molecule has 0 atom stereocenters. The SMILES string of the molecule is COc1cc(OC)cc(-c2nnc(S/C(=C\c3c(OCC#N)ccc4ccccc34)C(=O)O)o2)c1. The molecule has 0 aliphatic rings. The normalized spacial score (nSPS) is 11.2. The predicted octanol–water partition coefficient (Wildman–Crippen LogP) is 5.03. The molecule has 4 aromatic rings. The Kier molecular flexibility index (Phi) is 7.18. The molecular formula is C25H19N3O6S. The van der Waals surface area contributed by atoms with E-state index in [9.17, 15) is 9.90 Å². The van der Waals surface area contributed by atoms with Gasteiger partial charge < -0.3 is 23.7 Å². The van der Waals surface area contributed by atoms with Gasteiger partial charge in [-0.2, -0.15) is 5.26 Å². The van der Waals surface area contributed by atoms with Gasteiger partial charge in [0.15, 0.2) is 6.61 Å². The molecule has 10 heteroatoms. The van der Waals surface area contributed by atoms with E-state index in [0.29, 0.717) is 28.4 Å². The molecular weight excluding hydrogens is 470 g/mol. The number of fused-ring (bicyclic) bond motifs is 1. The van der Waals surface area contributed by atoms with Crippen LogP contribution >= 0.6 is 11.8 Å². The Morgan fingerprint density at radius 3 is 2.54 bits per heavy atom. The van der Waals surface area contributed by atoms with Crippen LogP contribution in [-0.4, -0.2) is 42.1 Å². The van der Waals surface area contributed by atoms with E-state index in [-0.39, 0.29) is 22.6 Å². The number of rotatable bonds is 9. The Morgan fingerprint density at radius 1 is 1.11 bits per heavy atom. The summed E-state index contributed by atoms with van der Waals surface area (Å²) in [4.78, 5) is 12.0. The van der Waals surface area contributed by atoms with Crippen LogP contribution in [0.4, 0.5) is 0 Å². The zero-order valence-electron chi connectivity index (χ0n) is 18.7. The molecule has 0 bridgehead atoms. The highest BCUT2D eigenvalue weighted by molar-refractivity contribution is 8.03. The van der Waals surface area contributed by atoms with Crippen molar-refractivity contribution in [2.45, 2.75) is 5.22 Å². The maximum Gasteiger partial charge on any atom is 0.342 e. The van der Waals surface area contributed by atoms with Gasteiger partial charge in [0.1, 0.15) is 28.2 Å². The number of hydrogen-bond acceptors (Lipinski definition) is 9. The molecule has 0 fully saturated rings. The number of carboxylic acid groups (broad SMARTS) is 1. The van der Waals surface area contributed by atoms with Gasteiger partial charge in [0.25, 0.3) is 5.22 Å². The van der Waals surface area contributed by atoms with E-state index in [2.05, 4.69) is 10.2 Å². The first kappa shape index (κ1) is 23.7. The van der Waals surface area contributed by atoms with Crippen molar-refractivity contribution in [3.8, 4) is 34.8 Å². The second-order valence-corrected chi connectivity index (χ2v) is 8.03. The van der Waals surface area contributed by atoms with E-state index >= 15 is 0 Å². The maximum atomic E-state index is 12.1. The van der Waals surface area contributed by atoms with Crippen molar-refractivity contribution < 1.29 is 28.5 Å². The summed E-state index contributed by atoms with van der Waals surface area (Å²) in [5.41, 5.74) is 1.09. The van der Waals surface area contributed by atoms with Gasteiger partial charge >= 0.3 is 5.97 Å². The molecule has 35 heavy (non-hydrogen) atoms. The maximum absolute atomic E-state index is 12.1. The molecule has 1 heterocycles. The van der Waals surface area contributed by atoms with Crippen LogP contribution in [0.2, 0.25) is 0 Å². The fourth-order valence-electron chi connectivity index (χ4n) is 3.32. The highest BCUT2D eigenvalue weighted by Gasteiger charge is 2.19. The molecule has 3 aromatic carbocycles. The van der Waals surface area contributed by atoms with Crippen LogP contribution in [0.15, 0.2) is 69.1 Å². The number of carboxylic acids is 1. The van der Waals surface area contributed by atoms with Crippen LogP contribution in [0.25, 0.3) is 28.3 Å². The lowest BCUT2D eigenvalue weighted by atomic mass is 10.0. The predicted molar refractivity (Wildman–Crippen MR) is 129 cm³/mol. The van der Waals surface area contributed by atoms with Gasteiger partial charge in [0, 0.05) is 17.2 Å². The van der Waals surface area contributed by atoms with Crippen molar-refractivity contribution in [1.82, 2.24) is 10.2 Å². The summed E-state index contributed by atoms with van der Waals surface area (Å²) in [5, 5.41) is 28.5. The summed E-state index contributed by atoms with van der Waals surface area (Å²) in [6, 6.07) is 18.1. The van der Waals surface area contributed by atoms with Crippen molar-refractivity contribution in [1.29, 1.82) is 5.26 Å². The van der Waals surface area contributed by atoms with Gasteiger partial charge in [-0.3, -0.25) is 0 Å². The van der Waals surface area contributed by atoms with E-state index in [1.807, 2.05) is 36.4 Å². The quantitative estimate of drug-likeness (QED) is 0.253. The first-order chi connectivity index (χ1) is 17.0. The average molecular weight is 490 g/mol. The monoisotopic (exact) mass is 489 g/mol. The molecule has 0 saturated heterocycles. The topological polar surface area (TPSA) is 128 Å². The molecule has 1 aromatic heterocycles. The average Bonchev–Trinajstić information content (AvgIpc) is 3.36. The van der Waals surface area contributed by atoms with Crippen molar-refractivity contribution in [3.63, 3.8) is 0 Å². The van der Waals surface area contributed by atoms with E-state index in [1.54, 1.807) is 24.3 Å². The zero-order chi connectivity index (χ0) is 24.8. The lowest BCUT2D eigenvalue weighted by Crippen LogP contribution is -2.00. The number of thioether (sulfide) groups is 1. The molecule has 0 saturated carbocycles. The lowest BCUT2D eigenvalue weighted by molar-refractivity contribution is -0.131. The van der Waals surface area contributed by atoms with Crippen LogP contribution in [-0.2, 0) is 4.79 Å². The van der Waals surface area contributed by atoms with Crippen LogP contribution in [0.5, 0.6) is 17.2 Å². The number of nitriles is 1. The van der Waals surface area contributed by atoms with Crippen molar-refractivity contribution >= 4 is 34.6 Å². The van der Waals surface area contributed by atoms with Crippen LogP contribution in [0.1, 0.15) is 5.56 Å². The van der Waals surface area contributed by atoms with Gasteiger partial charge in [-0.15, -0.1) is 10.2 Å². The smallest absolute Gasteiger partial charge is 0.342 e. The van der Waals surface area contributed by atoms with Crippen LogP contribution < -0.4 is 14.2 Å². The number of aromatic nitrogens is 2. The summed E-state index contributed by atoms with van der Waals surface area (Å²) in [6.07, 6.45) is 1.47. The Labute approximate surface area is 204 Å². The van der Waals surface area contributed by atoms with Crippen molar-refractivity contribution in [2.75, 3.05) is 20.8 Å². The van der Waals surface area contributed by atoms with Crippen molar-refractivity contribution in [3.05, 3.63) is 65.1 Å². The van der Waals surface area contributed by atoms with E-state index in [1.165, 1.54) is 20.3 Å². The molecule has 0 aliphatic heterocycles. The number of hydrogen-bond donors (Lipinski definition) is 1. The van der Waals surface area contributed by atoms with Crippen LogP contribution in [0.3, 0.4) is 0 Å². The molecule has 0 amide bonds. The molecule has 176 valence electrons. The summed E-state index contributed by atoms with van der Waals surface area (Å²) < 4.78 is 21.8. The van der Waals surface area contributed by atoms with E-state index in [4.69, 9.17) is 23.9 Å². The Balaban J connectivity index is 1.71.